The number of hydrogen-bond donors (Lipinski definition) is 2. The molecule has 0 heterocycles. The summed E-state index contributed by atoms with van der Waals surface area (Å²) < 4.78 is 4.95. The van der Waals surface area contributed by atoms with E-state index in [-0.39, 0.29) is 5.97 Å². The minimum absolute atomic E-state index is 0.335. The third-order valence-electron chi connectivity index (χ3n) is 2.34. The molecule has 18 heavy (non-hydrogen) atoms. The number of aryl methyl sites for hydroxylation is 1. The van der Waals surface area contributed by atoms with Gasteiger partial charge in [-0.25, -0.2) is 4.79 Å². The van der Waals surface area contributed by atoms with Gasteiger partial charge in [0, 0.05) is 12.2 Å². The Bertz CT molecular complexity index is 456. The quantitative estimate of drug-likeness (QED) is 0.485. The number of nitrogens with two attached hydrogens (primary N) is 1. The van der Waals surface area contributed by atoms with Gasteiger partial charge in [-0.05, 0) is 38.5 Å². The molecule has 5 heteroatoms. The molecule has 1 rings (SSSR count). The average Bonchev–Trinajstić information content (AvgIpc) is 2.32. The van der Waals surface area contributed by atoms with Crippen molar-refractivity contribution in [1.82, 2.24) is 0 Å². The molecule has 98 valence electrons. The smallest absolute Gasteiger partial charge is 0.338 e. The Morgan fingerprint density at radius 3 is 2.78 bits per heavy atom. The number of carbonyl (C=O) groups excluding carboxylic acids is 1. The predicted molar refractivity (Wildman–Crippen MR) is 72.9 cm³/mol. The van der Waals surface area contributed by atoms with Crippen LogP contribution in [0, 0.1) is 6.92 Å². The number of esters is 1. The first-order chi connectivity index (χ1) is 8.58. The van der Waals surface area contributed by atoms with E-state index in [0.717, 1.165) is 11.3 Å². The highest BCUT2D eigenvalue weighted by molar-refractivity contribution is 5.96. The number of nitrogens with one attached hydrogen (secondary N) is 1. The van der Waals surface area contributed by atoms with E-state index >= 15 is 0 Å². The number of nitrogens with zero attached hydrogens (tertiary/aromatic N) is 1. The number of anilines is 1. The molecule has 0 spiro atoms. The van der Waals surface area contributed by atoms with Gasteiger partial charge in [0.1, 0.15) is 0 Å². The first-order valence-electron chi connectivity index (χ1n) is 5.93. The summed E-state index contributed by atoms with van der Waals surface area (Å²) in [6.45, 7) is 6.56. The molecular weight excluding hydrogens is 230 g/mol. The summed E-state index contributed by atoms with van der Waals surface area (Å²) >= 11 is 0. The summed E-state index contributed by atoms with van der Waals surface area (Å²) in [6.07, 6.45) is 0. The molecule has 0 saturated heterocycles. The van der Waals surface area contributed by atoms with Gasteiger partial charge in [-0.15, -0.1) is 0 Å². The normalized spacial score (nSPS) is 11.2. The van der Waals surface area contributed by atoms with E-state index in [1.807, 2.05) is 19.9 Å². The maximum Gasteiger partial charge on any atom is 0.338 e. The zero-order chi connectivity index (χ0) is 13.5. The van der Waals surface area contributed by atoms with Crippen LogP contribution >= 0.6 is 0 Å². The average molecular weight is 249 g/mol. The van der Waals surface area contributed by atoms with E-state index in [9.17, 15) is 4.79 Å². The van der Waals surface area contributed by atoms with Crippen molar-refractivity contribution in [2.45, 2.75) is 20.8 Å². The van der Waals surface area contributed by atoms with Crippen molar-refractivity contribution in [1.29, 1.82) is 0 Å². The summed E-state index contributed by atoms with van der Waals surface area (Å²) in [5.74, 6) is -0.00633. The van der Waals surface area contributed by atoms with E-state index in [1.165, 1.54) is 0 Å². The standard InChI is InChI=1S/C13H19N3O2/c1-4-15-13(14)16-11-8-10(7-6-9(11)3)12(17)18-5-2/h6-8H,4-5H2,1-3H3,(H3,14,15,16). The van der Waals surface area contributed by atoms with Crippen LogP contribution in [0.2, 0.25) is 0 Å². The first-order valence-corrected chi connectivity index (χ1v) is 5.93. The lowest BCUT2D eigenvalue weighted by Gasteiger charge is -2.10. The van der Waals surface area contributed by atoms with Gasteiger partial charge in [0.15, 0.2) is 5.96 Å². The maximum absolute atomic E-state index is 11.6. The van der Waals surface area contributed by atoms with E-state index < -0.39 is 0 Å². The van der Waals surface area contributed by atoms with Crippen LogP contribution in [-0.2, 0) is 4.74 Å². The maximum atomic E-state index is 11.6. The minimum atomic E-state index is -0.341. The Morgan fingerprint density at radius 2 is 2.17 bits per heavy atom. The summed E-state index contributed by atoms with van der Waals surface area (Å²) in [6, 6.07) is 5.28. The summed E-state index contributed by atoms with van der Waals surface area (Å²) in [4.78, 5) is 15.6. The molecule has 0 aromatic heterocycles. The van der Waals surface area contributed by atoms with Crippen molar-refractivity contribution in [3.05, 3.63) is 29.3 Å². The highest BCUT2D eigenvalue weighted by Gasteiger charge is 2.09. The van der Waals surface area contributed by atoms with Crippen LogP contribution in [0.3, 0.4) is 0 Å². The van der Waals surface area contributed by atoms with Crippen LogP contribution in [0.15, 0.2) is 23.2 Å². The molecule has 0 aliphatic heterocycles. The van der Waals surface area contributed by atoms with Crippen LogP contribution in [0.5, 0.6) is 0 Å². The molecule has 3 N–H and O–H groups in total. The fourth-order valence-corrected chi connectivity index (χ4v) is 1.45. The SMILES string of the molecule is CCN=C(N)Nc1cc(C(=O)OCC)ccc1C. The highest BCUT2D eigenvalue weighted by Crippen LogP contribution is 2.17. The molecule has 1 aromatic carbocycles. The predicted octanol–water partition coefficient (Wildman–Crippen LogP) is 1.92. The fraction of sp³-hybridized carbons (Fsp3) is 0.385. The molecule has 0 amide bonds. The second-order valence-electron chi connectivity index (χ2n) is 3.73. The zero-order valence-corrected chi connectivity index (χ0v) is 11.0. The molecular formula is C13H19N3O2. The number of ether oxygens (including phenoxy) is 1. The molecule has 1 aromatic rings. The minimum Gasteiger partial charge on any atom is -0.462 e. The molecule has 0 fully saturated rings. The lowest BCUT2D eigenvalue weighted by molar-refractivity contribution is 0.0526. The van der Waals surface area contributed by atoms with Crippen molar-refractivity contribution in [3.63, 3.8) is 0 Å². The Labute approximate surface area is 107 Å². The second kappa shape index (κ2) is 6.64. The second-order valence-corrected chi connectivity index (χ2v) is 3.73. The molecule has 0 bridgehead atoms. The number of carbonyl (C=O) groups is 1. The zero-order valence-electron chi connectivity index (χ0n) is 11.0. The fourth-order valence-electron chi connectivity index (χ4n) is 1.45. The van der Waals surface area contributed by atoms with Crippen LogP contribution in [-0.4, -0.2) is 25.1 Å². The van der Waals surface area contributed by atoms with Gasteiger partial charge in [0.05, 0.1) is 12.2 Å². The van der Waals surface area contributed by atoms with Gasteiger partial charge in [0.2, 0.25) is 0 Å². The topological polar surface area (TPSA) is 76.7 Å². The largest absolute Gasteiger partial charge is 0.462 e. The highest BCUT2D eigenvalue weighted by atomic mass is 16.5. The summed E-state index contributed by atoms with van der Waals surface area (Å²) in [7, 11) is 0. The third-order valence-corrected chi connectivity index (χ3v) is 2.34. The van der Waals surface area contributed by atoms with Crippen LogP contribution in [0.25, 0.3) is 0 Å². The van der Waals surface area contributed by atoms with Crippen LogP contribution < -0.4 is 11.1 Å². The summed E-state index contributed by atoms with van der Waals surface area (Å²) in [5, 5.41) is 2.97. The van der Waals surface area contributed by atoms with E-state index in [1.54, 1.807) is 19.1 Å². The molecule has 0 aliphatic rings. The van der Waals surface area contributed by atoms with Crippen molar-refractivity contribution in [2.75, 3.05) is 18.5 Å². The van der Waals surface area contributed by atoms with E-state index in [4.69, 9.17) is 10.5 Å². The first kappa shape index (κ1) is 14.0. The lowest BCUT2D eigenvalue weighted by atomic mass is 10.1. The van der Waals surface area contributed by atoms with Gasteiger partial charge < -0.3 is 15.8 Å². The van der Waals surface area contributed by atoms with Crippen LogP contribution in [0.1, 0.15) is 29.8 Å². The lowest BCUT2D eigenvalue weighted by Crippen LogP contribution is -2.23. The number of rotatable bonds is 4. The Balaban J connectivity index is 2.94. The molecule has 5 nitrogen and oxygen atoms in total. The van der Waals surface area contributed by atoms with E-state index in [2.05, 4.69) is 10.3 Å². The number of aliphatic imine (C=N–C) groups is 1. The molecule has 0 aliphatic carbocycles. The Morgan fingerprint density at radius 1 is 1.44 bits per heavy atom. The van der Waals surface area contributed by atoms with Gasteiger partial charge >= 0.3 is 5.97 Å². The summed E-state index contributed by atoms with van der Waals surface area (Å²) in [5.41, 5.74) is 7.93. The molecule has 0 radical (unpaired) electrons. The monoisotopic (exact) mass is 249 g/mol. The van der Waals surface area contributed by atoms with Crippen molar-refractivity contribution < 1.29 is 9.53 Å². The van der Waals surface area contributed by atoms with Gasteiger partial charge in [-0.2, -0.15) is 0 Å². The van der Waals surface area contributed by atoms with Gasteiger partial charge in [-0.3, -0.25) is 4.99 Å². The van der Waals surface area contributed by atoms with Gasteiger partial charge in [-0.1, -0.05) is 6.07 Å². The number of guanidine groups is 1. The molecule has 0 unspecified atom stereocenters. The number of hydrogen-bond acceptors (Lipinski definition) is 3. The third kappa shape index (κ3) is 3.76. The Kier molecular flexibility index (Phi) is 5.17. The molecule has 0 atom stereocenters. The van der Waals surface area contributed by atoms with Crippen molar-refractivity contribution >= 4 is 17.6 Å². The van der Waals surface area contributed by atoms with Crippen LogP contribution in [0.4, 0.5) is 5.69 Å². The van der Waals surface area contributed by atoms with Crippen molar-refractivity contribution in [3.8, 4) is 0 Å². The van der Waals surface area contributed by atoms with E-state index in [0.29, 0.717) is 24.7 Å². The number of benzene rings is 1. The van der Waals surface area contributed by atoms with Crippen molar-refractivity contribution in [2.24, 2.45) is 10.7 Å². The van der Waals surface area contributed by atoms with Gasteiger partial charge in [0.25, 0.3) is 0 Å². The Hall–Kier alpha value is -2.04. The molecule has 0 saturated carbocycles.